The lowest BCUT2D eigenvalue weighted by atomic mass is 10.0. The monoisotopic (exact) mass is 378 g/mol. The Morgan fingerprint density at radius 3 is 2.44 bits per heavy atom. The molecular formula is C20H34N4O3. The van der Waals surface area contributed by atoms with Gasteiger partial charge in [-0.2, -0.15) is 0 Å². The molecule has 0 aliphatic heterocycles. The molecule has 0 aliphatic carbocycles. The number of carbonyl (C=O) groups excluding carboxylic acids is 3. The van der Waals surface area contributed by atoms with Gasteiger partial charge in [0.25, 0.3) is 0 Å². The van der Waals surface area contributed by atoms with Gasteiger partial charge in [-0.3, -0.25) is 9.59 Å². The van der Waals surface area contributed by atoms with Crippen LogP contribution < -0.4 is 21.7 Å². The lowest BCUT2D eigenvalue weighted by molar-refractivity contribution is -0.129. The van der Waals surface area contributed by atoms with Gasteiger partial charge in [-0.15, -0.1) is 0 Å². The molecule has 0 aromatic heterocycles. The minimum absolute atomic E-state index is 0.214. The second-order valence-electron chi connectivity index (χ2n) is 6.26. The minimum Gasteiger partial charge on any atom is -0.403 e. The number of carbonyl (C=O) groups is 3. The molecule has 0 aliphatic rings. The Labute approximate surface area is 162 Å². The van der Waals surface area contributed by atoms with Gasteiger partial charge in [0.05, 0.1) is 6.04 Å². The number of amides is 2. The van der Waals surface area contributed by atoms with Crippen LogP contribution in [-0.2, 0) is 14.4 Å². The van der Waals surface area contributed by atoms with Crippen LogP contribution in [0.15, 0.2) is 36.1 Å². The number of hydrogen-bond acceptors (Lipinski definition) is 5. The summed E-state index contributed by atoms with van der Waals surface area (Å²) in [5.74, 6) is -0.594. The van der Waals surface area contributed by atoms with Crippen LogP contribution >= 0.6 is 0 Å². The third-order valence-corrected chi connectivity index (χ3v) is 3.87. The molecule has 5 N–H and O–H groups in total. The Balaban J connectivity index is 4.79. The molecule has 0 bridgehead atoms. The van der Waals surface area contributed by atoms with Crippen molar-refractivity contribution in [2.24, 2.45) is 5.73 Å². The fourth-order valence-electron chi connectivity index (χ4n) is 2.35. The highest BCUT2D eigenvalue weighted by atomic mass is 16.2. The van der Waals surface area contributed by atoms with Crippen molar-refractivity contribution in [2.45, 2.75) is 58.5 Å². The van der Waals surface area contributed by atoms with Crippen LogP contribution in [0.4, 0.5) is 0 Å². The van der Waals surface area contributed by atoms with E-state index in [1.54, 1.807) is 6.92 Å². The van der Waals surface area contributed by atoms with Crippen molar-refractivity contribution < 1.29 is 14.4 Å². The van der Waals surface area contributed by atoms with Crippen molar-refractivity contribution in [2.75, 3.05) is 13.1 Å². The van der Waals surface area contributed by atoms with Crippen LogP contribution in [0.5, 0.6) is 0 Å². The maximum atomic E-state index is 12.6. The number of nitrogens with one attached hydrogen (secondary N) is 3. The first kappa shape index (κ1) is 24.6. The fourth-order valence-corrected chi connectivity index (χ4v) is 2.35. The zero-order valence-electron chi connectivity index (χ0n) is 16.7. The van der Waals surface area contributed by atoms with Gasteiger partial charge in [-0.1, -0.05) is 37.3 Å². The first-order valence-electron chi connectivity index (χ1n) is 9.34. The van der Waals surface area contributed by atoms with E-state index in [1.807, 2.05) is 32.1 Å². The van der Waals surface area contributed by atoms with E-state index in [0.717, 1.165) is 12.0 Å². The number of nitrogens with two attached hydrogens (primary N) is 1. The van der Waals surface area contributed by atoms with E-state index in [0.29, 0.717) is 37.9 Å². The smallest absolute Gasteiger partial charge is 0.243 e. The highest BCUT2D eigenvalue weighted by Crippen LogP contribution is 2.08. The summed E-state index contributed by atoms with van der Waals surface area (Å²) in [6, 6.07) is -1.40. The van der Waals surface area contributed by atoms with Crippen LogP contribution in [0, 0.1) is 0 Å². The summed E-state index contributed by atoms with van der Waals surface area (Å²) in [5, 5.41) is 8.52. The van der Waals surface area contributed by atoms with E-state index in [-0.39, 0.29) is 18.2 Å². The average Bonchev–Trinajstić information content (AvgIpc) is 2.64. The molecule has 7 nitrogen and oxygen atoms in total. The Hall–Kier alpha value is -2.41. The molecule has 0 saturated carbocycles. The van der Waals surface area contributed by atoms with Gasteiger partial charge in [0.2, 0.25) is 11.8 Å². The number of allylic oxidation sites excluding steroid dienone is 4. The summed E-state index contributed by atoms with van der Waals surface area (Å²) in [5.41, 5.74) is 7.05. The Morgan fingerprint density at radius 1 is 1.22 bits per heavy atom. The Bertz CT molecular complexity index is 555. The lowest BCUT2D eigenvalue weighted by Gasteiger charge is -2.21. The molecule has 0 aromatic carbocycles. The van der Waals surface area contributed by atoms with Gasteiger partial charge in [0.1, 0.15) is 12.3 Å². The fraction of sp³-hybridized carbons (Fsp3) is 0.550. The highest BCUT2D eigenvalue weighted by molar-refractivity contribution is 5.89. The molecule has 27 heavy (non-hydrogen) atoms. The largest absolute Gasteiger partial charge is 0.403 e. The lowest BCUT2D eigenvalue weighted by Crippen LogP contribution is -2.52. The summed E-state index contributed by atoms with van der Waals surface area (Å²) in [7, 11) is 0. The summed E-state index contributed by atoms with van der Waals surface area (Å²) in [6.07, 6.45) is 8.49. The summed E-state index contributed by atoms with van der Waals surface area (Å²) >= 11 is 0. The Morgan fingerprint density at radius 2 is 1.93 bits per heavy atom. The van der Waals surface area contributed by atoms with Gasteiger partial charge in [0.15, 0.2) is 0 Å². The number of aldehydes is 1. The van der Waals surface area contributed by atoms with Crippen LogP contribution in [0.3, 0.4) is 0 Å². The van der Waals surface area contributed by atoms with E-state index < -0.39 is 12.1 Å². The molecule has 152 valence electrons. The molecule has 2 unspecified atom stereocenters. The topological polar surface area (TPSA) is 113 Å². The van der Waals surface area contributed by atoms with Gasteiger partial charge < -0.3 is 26.5 Å². The number of rotatable bonds is 14. The SMILES string of the molecule is C=C(N)CCCNCC(C=O)NC(=O)C(CC(/C=C\C)=C/C)NC(=O)CC. The molecule has 2 atom stereocenters. The van der Waals surface area contributed by atoms with Crippen molar-refractivity contribution in [3.8, 4) is 0 Å². The second kappa shape index (κ2) is 14.7. The van der Waals surface area contributed by atoms with Gasteiger partial charge in [-0.05, 0) is 33.2 Å². The molecule has 0 rings (SSSR count). The van der Waals surface area contributed by atoms with E-state index in [9.17, 15) is 14.4 Å². The molecule has 0 saturated heterocycles. The van der Waals surface area contributed by atoms with E-state index in [2.05, 4.69) is 22.5 Å². The second-order valence-corrected chi connectivity index (χ2v) is 6.26. The van der Waals surface area contributed by atoms with Crippen molar-refractivity contribution in [1.82, 2.24) is 16.0 Å². The molecule has 7 heteroatoms. The molecule has 0 heterocycles. The van der Waals surface area contributed by atoms with Crippen molar-refractivity contribution in [3.63, 3.8) is 0 Å². The third-order valence-electron chi connectivity index (χ3n) is 3.87. The quantitative estimate of drug-likeness (QED) is 0.207. The van der Waals surface area contributed by atoms with Crippen LogP contribution in [0.25, 0.3) is 0 Å². The van der Waals surface area contributed by atoms with Crippen LogP contribution in [-0.4, -0.2) is 43.3 Å². The van der Waals surface area contributed by atoms with E-state index in [1.165, 1.54) is 0 Å². The average molecular weight is 379 g/mol. The summed E-state index contributed by atoms with van der Waals surface area (Å²) in [4.78, 5) is 35.7. The van der Waals surface area contributed by atoms with Crippen molar-refractivity contribution in [1.29, 1.82) is 0 Å². The van der Waals surface area contributed by atoms with E-state index in [4.69, 9.17) is 5.73 Å². The maximum absolute atomic E-state index is 12.6. The van der Waals surface area contributed by atoms with Crippen molar-refractivity contribution in [3.05, 3.63) is 36.1 Å². The molecule has 2 amide bonds. The van der Waals surface area contributed by atoms with E-state index >= 15 is 0 Å². The minimum atomic E-state index is -0.733. The van der Waals surface area contributed by atoms with Gasteiger partial charge in [0, 0.05) is 25.1 Å². The van der Waals surface area contributed by atoms with Crippen molar-refractivity contribution >= 4 is 18.1 Å². The van der Waals surface area contributed by atoms with Gasteiger partial charge in [-0.25, -0.2) is 0 Å². The normalized spacial score (nSPS) is 13.8. The third kappa shape index (κ3) is 11.8. The standard InChI is InChI=1S/C20H34N4O3/c1-5-9-16(6-2)12-18(24-19(26)7-3)20(27)23-17(14-25)13-22-11-8-10-15(4)21/h5-6,9,14,17-18,22H,4,7-8,10-13,21H2,1-3H3,(H,23,27)(H,24,26)/b9-5-,16-6+. The first-order valence-corrected chi connectivity index (χ1v) is 9.34. The molecule has 0 fully saturated rings. The first-order chi connectivity index (χ1) is 12.9. The predicted octanol–water partition coefficient (Wildman–Crippen LogP) is 1.32. The predicted molar refractivity (Wildman–Crippen MR) is 109 cm³/mol. The molecule has 0 radical (unpaired) electrons. The maximum Gasteiger partial charge on any atom is 0.243 e. The van der Waals surface area contributed by atoms with Crippen LogP contribution in [0.1, 0.15) is 46.5 Å². The summed E-state index contributed by atoms with van der Waals surface area (Å²) < 4.78 is 0. The highest BCUT2D eigenvalue weighted by Gasteiger charge is 2.23. The Kier molecular flexibility index (Phi) is 13.4. The molecular weight excluding hydrogens is 344 g/mol. The summed E-state index contributed by atoms with van der Waals surface area (Å²) in [6.45, 7) is 10.1. The molecule has 0 aromatic rings. The van der Waals surface area contributed by atoms with Gasteiger partial charge >= 0.3 is 0 Å². The van der Waals surface area contributed by atoms with Crippen LogP contribution in [0.2, 0.25) is 0 Å². The zero-order valence-corrected chi connectivity index (χ0v) is 16.7. The zero-order chi connectivity index (χ0) is 20.7. The number of hydrogen-bond donors (Lipinski definition) is 4. The molecule has 0 spiro atoms.